The highest BCUT2D eigenvalue weighted by atomic mass is 16.6. The van der Waals surface area contributed by atoms with Gasteiger partial charge in [-0.1, -0.05) is 18.2 Å². The second kappa shape index (κ2) is 7.91. The molecule has 26 heavy (non-hydrogen) atoms. The molecule has 0 aliphatic carbocycles. The van der Waals surface area contributed by atoms with Crippen molar-refractivity contribution >= 4 is 17.6 Å². The van der Waals surface area contributed by atoms with E-state index in [1.54, 1.807) is 43.2 Å². The van der Waals surface area contributed by atoms with Gasteiger partial charge >= 0.3 is 5.97 Å². The molecule has 0 aromatic heterocycles. The zero-order valence-electron chi connectivity index (χ0n) is 14.8. The zero-order valence-corrected chi connectivity index (χ0v) is 14.8. The van der Waals surface area contributed by atoms with Crippen LogP contribution in [-0.2, 0) is 20.7 Å². The van der Waals surface area contributed by atoms with E-state index in [-0.39, 0.29) is 12.5 Å². The van der Waals surface area contributed by atoms with E-state index in [1.165, 1.54) is 0 Å². The van der Waals surface area contributed by atoms with Crippen molar-refractivity contribution in [2.75, 3.05) is 25.2 Å². The summed E-state index contributed by atoms with van der Waals surface area (Å²) in [6.07, 6.45) is -0.0588. The summed E-state index contributed by atoms with van der Waals surface area (Å²) in [6.45, 7) is 1.91. The molecule has 0 saturated heterocycles. The van der Waals surface area contributed by atoms with Gasteiger partial charge in [0.25, 0.3) is 5.91 Å². The SMILES string of the molecule is COc1ccc(OCC(=O)OC(C)C(=O)N2CCc3ccccc32)cc1. The molecule has 0 fully saturated rings. The van der Waals surface area contributed by atoms with E-state index >= 15 is 0 Å². The molecule has 0 saturated carbocycles. The second-order valence-electron chi connectivity index (χ2n) is 5.96. The Kier molecular flexibility index (Phi) is 5.41. The normalized spacial score (nSPS) is 13.7. The maximum Gasteiger partial charge on any atom is 0.344 e. The van der Waals surface area contributed by atoms with Crippen LogP contribution in [0.5, 0.6) is 11.5 Å². The fourth-order valence-electron chi connectivity index (χ4n) is 2.88. The molecule has 1 aliphatic rings. The molecule has 1 amide bonds. The van der Waals surface area contributed by atoms with Gasteiger partial charge in [-0.3, -0.25) is 4.79 Å². The molecule has 0 bridgehead atoms. The van der Waals surface area contributed by atoms with Gasteiger partial charge in [-0.15, -0.1) is 0 Å². The van der Waals surface area contributed by atoms with Gasteiger partial charge in [-0.2, -0.15) is 0 Å². The van der Waals surface area contributed by atoms with E-state index in [9.17, 15) is 9.59 Å². The summed E-state index contributed by atoms with van der Waals surface area (Å²) < 4.78 is 15.7. The Morgan fingerprint density at radius 3 is 2.50 bits per heavy atom. The number of benzene rings is 2. The maximum atomic E-state index is 12.6. The van der Waals surface area contributed by atoms with E-state index in [1.807, 2.05) is 24.3 Å². The van der Waals surface area contributed by atoms with Crippen molar-refractivity contribution < 1.29 is 23.8 Å². The Balaban J connectivity index is 1.51. The molecule has 2 aromatic carbocycles. The number of rotatable bonds is 6. The Hall–Kier alpha value is -3.02. The van der Waals surface area contributed by atoms with Crippen LogP contribution in [0.2, 0.25) is 0 Å². The number of esters is 1. The summed E-state index contributed by atoms with van der Waals surface area (Å²) in [6, 6.07) is 14.6. The average Bonchev–Trinajstić information content (AvgIpc) is 3.10. The molecule has 1 unspecified atom stereocenters. The number of carbonyl (C=O) groups excluding carboxylic acids is 2. The molecular weight excluding hydrogens is 334 g/mol. The molecule has 136 valence electrons. The van der Waals surface area contributed by atoms with Gasteiger partial charge in [-0.25, -0.2) is 4.79 Å². The molecule has 1 heterocycles. The summed E-state index contributed by atoms with van der Waals surface area (Å²) in [5.41, 5.74) is 2.01. The largest absolute Gasteiger partial charge is 0.497 e. The quantitative estimate of drug-likeness (QED) is 0.745. The second-order valence-corrected chi connectivity index (χ2v) is 5.96. The zero-order chi connectivity index (χ0) is 18.5. The maximum absolute atomic E-state index is 12.6. The monoisotopic (exact) mass is 355 g/mol. The van der Waals surface area contributed by atoms with E-state index < -0.39 is 12.1 Å². The minimum Gasteiger partial charge on any atom is -0.497 e. The lowest BCUT2D eigenvalue weighted by atomic mass is 10.2. The molecule has 1 atom stereocenters. The predicted molar refractivity (Wildman–Crippen MR) is 96.5 cm³/mol. The van der Waals surface area contributed by atoms with Gasteiger partial charge in [-0.05, 0) is 49.2 Å². The van der Waals surface area contributed by atoms with Crippen LogP contribution < -0.4 is 14.4 Å². The standard InChI is InChI=1S/C20H21NO5/c1-14(20(23)21-12-11-15-5-3-4-6-18(15)21)26-19(22)13-25-17-9-7-16(24-2)8-10-17/h3-10,14H,11-13H2,1-2H3. The third kappa shape index (κ3) is 3.96. The smallest absolute Gasteiger partial charge is 0.344 e. The average molecular weight is 355 g/mol. The summed E-state index contributed by atoms with van der Waals surface area (Å²) in [7, 11) is 1.57. The number of carbonyl (C=O) groups is 2. The fourth-order valence-corrected chi connectivity index (χ4v) is 2.88. The number of fused-ring (bicyclic) bond motifs is 1. The van der Waals surface area contributed by atoms with Crippen LogP contribution in [0.3, 0.4) is 0 Å². The highest BCUT2D eigenvalue weighted by Crippen LogP contribution is 2.28. The number of amides is 1. The number of hydrogen-bond donors (Lipinski definition) is 0. The van der Waals surface area contributed by atoms with Crippen LogP contribution in [0, 0.1) is 0 Å². The van der Waals surface area contributed by atoms with Gasteiger partial charge < -0.3 is 19.1 Å². The van der Waals surface area contributed by atoms with E-state index in [0.29, 0.717) is 18.0 Å². The van der Waals surface area contributed by atoms with E-state index in [4.69, 9.17) is 14.2 Å². The number of para-hydroxylation sites is 1. The number of anilines is 1. The van der Waals surface area contributed by atoms with Gasteiger partial charge in [0.05, 0.1) is 7.11 Å². The molecule has 6 heteroatoms. The van der Waals surface area contributed by atoms with Crippen LogP contribution in [0.15, 0.2) is 48.5 Å². The van der Waals surface area contributed by atoms with Crippen LogP contribution in [-0.4, -0.2) is 38.2 Å². The van der Waals surface area contributed by atoms with Crippen LogP contribution in [0.25, 0.3) is 0 Å². The topological polar surface area (TPSA) is 65.1 Å². The van der Waals surface area contributed by atoms with Crippen LogP contribution in [0.1, 0.15) is 12.5 Å². The molecular formula is C20H21NO5. The Bertz CT molecular complexity index is 787. The van der Waals surface area contributed by atoms with Crippen molar-refractivity contribution in [2.45, 2.75) is 19.4 Å². The summed E-state index contributed by atoms with van der Waals surface area (Å²) >= 11 is 0. The van der Waals surface area contributed by atoms with E-state index in [2.05, 4.69) is 0 Å². The van der Waals surface area contributed by atoms with Gasteiger partial charge in [0.1, 0.15) is 11.5 Å². The van der Waals surface area contributed by atoms with Crippen LogP contribution >= 0.6 is 0 Å². The Labute approximate surface area is 152 Å². The summed E-state index contributed by atoms with van der Waals surface area (Å²) in [5.74, 6) is 0.405. The first-order chi connectivity index (χ1) is 12.6. The molecule has 0 radical (unpaired) electrons. The first-order valence-electron chi connectivity index (χ1n) is 8.44. The number of nitrogens with zero attached hydrogens (tertiary/aromatic N) is 1. The fraction of sp³-hybridized carbons (Fsp3) is 0.300. The molecule has 2 aromatic rings. The van der Waals surface area contributed by atoms with Crippen molar-refractivity contribution in [1.29, 1.82) is 0 Å². The predicted octanol–water partition coefficient (Wildman–Crippen LogP) is 2.60. The summed E-state index contributed by atoms with van der Waals surface area (Å²) in [5, 5.41) is 0. The summed E-state index contributed by atoms with van der Waals surface area (Å²) in [4.78, 5) is 26.2. The van der Waals surface area contributed by atoms with Gasteiger partial charge in [0, 0.05) is 12.2 Å². The molecule has 0 spiro atoms. The lowest BCUT2D eigenvalue weighted by molar-refractivity contribution is -0.155. The highest BCUT2D eigenvalue weighted by Gasteiger charge is 2.29. The van der Waals surface area contributed by atoms with E-state index in [0.717, 1.165) is 17.7 Å². The van der Waals surface area contributed by atoms with Crippen molar-refractivity contribution in [3.05, 3.63) is 54.1 Å². The minimum atomic E-state index is -0.867. The third-order valence-corrected chi connectivity index (χ3v) is 4.23. The molecule has 1 aliphatic heterocycles. The Morgan fingerprint density at radius 1 is 1.08 bits per heavy atom. The van der Waals surface area contributed by atoms with Crippen molar-refractivity contribution in [1.82, 2.24) is 0 Å². The highest BCUT2D eigenvalue weighted by molar-refractivity contribution is 5.99. The number of hydrogen-bond acceptors (Lipinski definition) is 5. The first kappa shape index (κ1) is 17.8. The molecule has 0 N–H and O–H groups in total. The van der Waals surface area contributed by atoms with Gasteiger partial charge in [0.15, 0.2) is 12.7 Å². The lowest BCUT2D eigenvalue weighted by Crippen LogP contribution is -2.39. The first-order valence-corrected chi connectivity index (χ1v) is 8.44. The minimum absolute atomic E-state index is 0.229. The molecule has 6 nitrogen and oxygen atoms in total. The van der Waals surface area contributed by atoms with Crippen LogP contribution in [0.4, 0.5) is 5.69 Å². The van der Waals surface area contributed by atoms with Crippen molar-refractivity contribution in [3.8, 4) is 11.5 Å². The van der Waals surface area contributed by atoms with Gasteiger partial charge in [0.2, 0.25) is 0 Å². The number of methoxy groups -OCH3 is 1. The lowest BCUT2D eigenvalue weighted by Gasteiger charge is -2.21. The third-order valence-electron chi connectivity index (χ3n) is 4.23. The molecule has 3 rings (SSSR count). The van der Waals surface area contributed by atoms with Crippen molar-refractivity contribution in [3.63, 3.8) is 0 Å². The van der Waals surface area contributed by atoms with Crippen molar-refractivity contribution in [2.24, 2.45) is 0 Å². The Morgan fingerprint density at radius 2 is 1.77 bits per heavy atom. The number of ether oxygens (including phenoxy) is 3.